The quantitative estimate of drug-likeness (QED) is 0.253. The fraction of sp³-hybridized carbons (Fsp3) is 0.500. The van der Waals surface area contributed by atoms with Crippen LogP contribution in [-0.2, 0) is 16.0 Å². The van der Waals surface area contributed by atoms with Crippen LogP contribution in [0.1, 0.15) is 76.7 Å². The first kappa shape index (κ1) is 22.2. The van der Waals surface area contributed by atoms with Crippen LogP contribution in [0.3, 0.4) is 0 Å². The van der Waals surface area contributed by atoms with Crippen molar-refractivity contribution in [2.45, 2.75) is 77.6 Å². The normalized spacial score (nSPS) is 10.8. The summed E-state index contributed by atoms with van der Waals surface area (Å²) in [5.74, 6) is -0.122. The Morgan fingerprint density at radius 1 is 0.679 bits per heavy atom. The highest BCUT2D eigenvalue weighted by Crippen LogP contribution is 2.19. The van der Waals surface area contributed by atoms with Gasteiger partial charge < -0.3 is 4.74 Å². The lowest BCUT2D eigenvalue weighted by Gasteiger charge is -2.06. The molecule has 0 atom stereocenters. The molecule has 0 radical (unpaired) electrons. The fourth-order valence-electron chi connectivity index (χ4n) is 3.44. The van der Waals surface area contributed by atoms with Gasteiger partial charge in [0.25, 0.3) is 0 Å². The third kappa shape index (κ3) is 9.21. The Labute approximate surface area is 171 Å². The van der Waals surface area contributed by atoms with E-state index in [0.29, 0.717) is 13.0 Å². The Balaban J connectivity index is 1.52. The predicted molar refractivity (Wildman–Crippen MR) is 118 cm³/mol. The summed E-state index contributed by atoms with van der Waals surface area (Å²) in [6, 6.07) is 18.4. The summed E-state index contributed by atoms with van der Waals surface area (Å²) in [7, 11) is 0. The van der Waals surface area contributed by atoms with Crippen molar-refractivity contribution in [3.8, 4) is 11.1 Å². The van der Waals surface area contributed by atoms with E-state index in [1.807, 2.05) is 30.3 Å². The van der Waals surface area contributed by atoms with E-state index >= 15 is 0 Å². The van der Waals surface area contributed by atoms with Gasteiger partial charge in [-0.2, -0.15) is 0 Å². The second kappa shape index (κ2) is 14.0. The minimum atomic E-state index is -0.122. The maximum atomic E-state index is 12.0. The van der Waals surface area contributed by atoms with E-state index in [9.17, 15) is 4.79 Å². The molecule has 0 spiro atoms. The summed E-state index contributed by atoms with van der Waals surface area (Å²) >= 11 is 0. The summed E-state index contributed by atoms with van der Waals surface area (Å²) in [6.45, 7) is 2.81. The third-order valence-corrected chi connectivity index (χ3v) is 5.17. The molecule has 0 bridgehead atoms. The SMILES string of the molecule is CCCCCCCCCCCCOC(=O)Cc1ccc(-c2ccccc2)cc1. The summed E-state index contributed by atoms with van der Waals surface area (Å²) in [4.78, 5) is 12.0. The maximum Gasteiger partial charge on any atom is 0.310 e. The molecule has 2 rings (SSSR count). The molecule has 0 fully saturated rings. The lowest BCUT2D eigenvalue weighted by Crippen LogP contribution is -2.09. The van der Waals surface area contributed by atoms with Crippen LogP contribution in [0.25, 0.3) is 11.1 Å². The van der Waals surface area contributed by atoms with Crippen molar-refractivity contribution in [1.82, 2.24) is 0 Å². The van der Waals surface area contributed by atoms with Crippen LogP contribution < -0.4 is 0 Å². The van der Waals surface area contributed by atoms with Crippen molar-refractivity contribution in [3.63, 3.8) is 0 Å². The second-order valence-corrected chi connectivity index (χ2v) is 7.64. The standard InChI is InChI=1S/C26H36O2/c1-2-3-4-5-6-7-8-9-10-14-21-28-26(27)22-23-17-19-25(20-18-23)24-15-12-11-13-16-24/h11-13,15-20H,2-10,14,21-22H2,1H3. The van der Waals surface area contributed by atoms with Crippen LogP contribution in [0, 0.1) is 0 Å². The zero-order valence-corrected chi connectivity index (χ0v) is 17.5. The molecule has 0 aliphatic rings. The molecule has 0 saturated carbocycles. The van der Waals surface area contributed by atoms with Gasteiger partial charge >= 0.3 is 5.97 Å². The summed E-state index contributed by atoms with van der Waals surface area (Å²) < 4.78 is 5.39. The molecule has 152 valence electrons. The number of rotatable bonds is 14. The highest BCUT2D eigenvalue weighted by molar-refractivity contribution is 5.73. The maximum absolute atomic E-state index is 12.0. The number of hydrogen-bond acceptors (Lipinski definition) is 2. The highest BCUT2D eigenvalue weighted by atomic mass is 16.5. The van der Waals surface area contributed by atoms with Crippen molar-refractivity contribution >= 4 is 5.97 Å². The molecule has 2 heteroatoms. The molecule has 0 amide bonds. The Bertz CT molecular complexity index is 646. The van der Waals surface area contributed by atoms with Crippen LogP contribution in [0.15, 0.2) is 54.6 Å². The van der Waals surface area contributed by atoms with Crippen LogP contribution in [0.4, 0.5) is 0 Å². The predicted octanol–water partition coefficient (Wildman–Crippen LogP) is 7.36. The smallest absolute Gasteiger partial charge is 0.310 e. The van der Waals surface area contributed by atoms with Crippen molar-refractivity contribution in [2.75, 3.05) is 6.61 Å². The first-order valence-electron chi connectivity index (χ1n) is 11.1. The van der Waals surface area contributed by atoms with E-state index in [4.69, 9.17) is 4.74 Å². The van der Waals surface area contributed by atoms with Gasteiger partial charge in [0.15, 0.2) is 0 Å². The number of carbonyl (C=O) groups is 1. The van der Waals surface area contributed by atoms with E-state index in [0.717, 1.165) is 18.4 Å². The molecule has 2 aromatic rings. The van der Waals surface area contributed by atoms with E-state index in [1.54, 1.807) is 0 Å². The molecular weight excluding hydrogens is 344 g/mol. The molecule has 0 unspecified atom stereocenters. The number of ether oxygens (including phenoxy) is 1. The van der Waals surface area contributed by atoms with Crippen LogP contribution in [0.2, 0.25) is 0 Å². The van der Waals surface area contributed by atoms with Gasteiger partial charge in [-0.25, -0.2) is 0 Å². The highest BCUT2D eigenvalue weighted by Gasteiger charge is 2.05. The average Bonchev–Trinajstić information content (AvgIpc) is 2.73. The van der Waals surface area contributed by atoms with Gasteiger partial charge in [0.1, 0.15) is 0 Å². The monoisotopic (exact) mass is 380 g/mol. The number of unbranched alkanes of at least 4 members (excludes halogenated alkanes) is 9. The summed E-state index contributed by atoms with van der Waals surface area (Å²) in [6.07, 6.45) is 13.3. The molecule has 0 aliphatic carbocycles. The van der Waals surface area contributed by atoms with Gasteiger partial charge in [0.2, 0.25) is 0 Å². The lowest BCUT2D eigenvalue weighted by atomic mass is 10.0. The van der Waals surface area contributed by atoms with E-state index in [-0.39, 0.29) is 5.97 Å². The van der Waals surface area contributed by atoms with Gasteiger partial charge in [-0.1, -0.05) is 119 Å². The van der Waals surface area contributed by atoms with Gasteiger partial charge in [-0.3, -0.25) is 4.79 Å². The van der Waals surface area contributed by atoms with Crippen LogP contribution in [0.5, 0.6) is 0 Å². The van der Waals surface area contributed by atoms with Gasteiger partial charge in [0, 0.05) is 0 Å². The minimum absolute atomic E-state index is 0.122. The van der Waals surface area contributed by atoms with Gasteiger partial charge in [-0.05, 0) is 23.1 Å². The Morgan fingerprint density at radius 2 is 1.21 bits per heavy atom. The molecule has 2 aromatic carbocycles. The molecule has 28 heavy (non-hydrogen) atoms. The number of esters is 1. The Hall–Kier alpha value is -2.09. The van der Waals surface area contributed by atoms with E-state index < -0.39 is 0 Å². The lowest BCUT2D eigenvalue weighted by molar-refractivity contribution is -0.142. The first-order valence-corrected chi connectivity index (χ1v) is 11.1. The number of hydrogen-bond donors (Lipinski definition) is 0. The van der Waals surface area contributed by atoms with Crippen LogP contribution >= 0.6 is 0 Å². The third-order valence-electron chi connectivity index (χ3n) is 5.17. The minimum Gasteiger partial charge on any atom is -0.465 e. The molecule has 0 heterocycles. The van der Waals surface area contributed by atoms with Crippen molar-refractivity contribution in [3.05, 3.63) is 60.2 Å². The molecular formula is C26H36O2. The summed E-state index contributed by atoms with van der Waals surface area (Å²) in [5.41, 5.74) is 3.37. The zero-order chi connectivity index (χ0) is 19.9. The van der Waals surface area contributed by atoms with Crippen molar-refractivity contribution in [1.29, 1.82) is 0 Å². The molecule has 0 saturated heterocycles. The molecule has 0 N–H and O–H groups in total. The Morgan fingerprint density at radius 3 is 1.82 bits per heavy atom. The van der Waals surface area contributed by atoms with Crippen molar-refractivity contribution < 1.29 is 9.53 Å². The zero-order valence-electron chi connectivity index (χ0n) is 17.5. The molecule has 0 aliphatic heterocycles. The number of benzene rings is 2. The van der Waals surface area contributed by atoms with Crippen LogP contribution in [-0.4, -0.2) is 12.6 Å². The van der Waals surface area contributed by atoms with Gasteiger partial charge in [-0.15, -0.1) is 0 Å². The first-order chi connectivity index (χ1) is 13.8. The molecule has 0 aromatic heterocycles. The van der Waals surface area contributed by atoms with Gasteiger partial charge in [0.05, 0.1) is 13.0 Å². The van der Waals surface area contributed by atoms with E-state index in [1.165, 1.54) is 62.5 Å². The largest absolute Gasteiger partial charge is 0.465 e. The average molecular weight is 381 g/mol. The fourth-order valence-corrected chi connectivity index (χ4v) is 3.44. The topological polar surface area (TPSA) is 26.3 Å². The molecule has 2 nitrogen and oxygen atoms in total. The number of carbonyl (C=O) groups excluding carboxylic acids is 1. The van der Waals surface area contributed by atoms with E-state index in [2.05, 4.69) is 31.2 Å². The second-order valence-electron chi connectivity index (χ2n) is 7.64. The summed E-state index contributed by atoms with van der Waals surface area (Å²) in [5, 5.41) is 0. The Kier molecular flexibility index (Phi) is 11.1. The van der Waals surface area contributed by atoms with Crippen molar-refractivity contribution in [2.24, 2.45) is 0 Å².